The van der Waals surface area contributed by atoms with Crippen LogP contribution in [-0.2, 0) is 6.42 Å². The molecule has 2 aromatic carbocycles. The molecule has 2 N–H and O–H groups in total. The van der Waals surface area contributed by atoms with Crippen LogP contribution in [0.2, 0.25) is 15.1 Å². The molecule has 0 saturated heterocycles. The van der Waals surface area contributed by atoms with Gasteiger partial charge in [0.15, 0.2) is 5.78 Å². The van der Waals surface area contributed by atoms with Gasteiger partial charge in [0.25, 0.3) is 0 Å². The maximum absolute atomic E-state index is 12.1. The third-order valence-corrected chi connectivity index (χ3v) is 3.64. The van der Waals surface area contributed by atoms with E-state index in [0.29, 0.717) is 26.3 Å². The third kappa shape index (κ3) is 3.41. The van der Waals surface area contributed by atoms with E-state index in [9.17, 15) is 4.79 Å². The number of rotatable bonds is 3. The van der Waals surface area contributed by atoms with E-state index in [4.69, 9.17) is 40.5 Å². The molecule has 2 rings (SSSR count). The number of nitrogen functional groups attached to an aromatic ring is 1. The molecule has 0 radical (unpaired) electrons. The van der Waals surface area contributed by atoms with Gasteiger partial charge in [-0.05, 0) is 35.9 Å². The standard InChI is InChI=1S/C14H10Cl3NO/c15-9-2-3-10(13(18)7-9)14(19)6-8-1-4-11(16)12(17)5-8/h1-5,7H,6,18H2. The number of carbonyl (C=O) groups excluding carboxylic acids is 1. The minimum absolute atomic E-state index is 0.0902. The van der Waals surface area contributed by atoms with E-state index in [-0.39, 0.29) is 12.2 Å². The molecule has 0 amide bonds. The summed E-state index contributed by atoms with van der Waals surface area (Å²) in [5.74, 6) is -0.0902. The molecule has 0 heterocycles. The van der Waals surface area contributed by atoms with Crippen molar-refractivity contribution in [3.63, 3.8) is 0 Å². The number of Topliss-reactive ketones (excluding diaryl/α,β-unsaturated/α-hetero) is 1. The summed E-state index contributed by atoms with van der Waals surface area (Å²) in [6.07, 6.45) is 0.211. The number of nitrogens with two attached hydrogens (primary N) is 1. The normalized spacial score (nSPS) is 10.5. The average molecular weight is 315 g/mol. The highest BCUT2D eigenvalue weighted by molar-refractivity contribution is 6.42. The lowest BCUT2D eigenvalue weighted by Crippen LogP contribution is -2.07. The lowest BCUT2D eigenvalue weighted by atomic mass is 10.0. The largest absolute Gasteiger partial charge is 0.398 e. The van der Waals surface area contributed by atoms with Crippen molar-refractivity contribution in [2.45, 2.75) is 6.42 Å². The molecular formula is C14H10Cl3NO. The number of hydrogen-bond acceptors (Lipinski definition) is 2. The van der Waals surface area contributed by atoms with Gasteiger partial charge >= 0.3 is 0 Å². The Morgan fingerprint density at radius 2 is 1.74 bits per heavy atom. The lowest BCUT2D eigenvalue weighted by Gasteiger charge is -2.06. The Morgan fingerprint density at radius 3 is 2.37 bits per heavy atom. The zero-order chi connectivity index (χ0) is 14.0. The smallest absolute Gasteiger partial charge is 0.169 e. The summed E-state index contributed by atoms with van der Waals surface area (Å²) < 4.78 is 0. The minimum Gasteiger partial charge on any atom is -0.398 e. The van der Waals surface area contributed by atoms with E-state index in [1.165, 1.54) is 0 Å². The van der Waals surface area contributed by atoms with E-state index in [2.05, 4.69) is 0 Å². The highest BCUT2D eigenvalue weighted by Gasteiger charge is 2.11. The van der Waals surface area contributed by atoms with Crippen molar-refractivity contribution < 1.29 is 4.79 Å². The Bertz CT molecular complexity index is 641. The van der Waals surface area contributed by atoms with Gasteiger partial charge < -0.3 is 5.73 Å². The summed E-state index contributed by atoms with van der Waals surface area (Å²) in [5.41, 5.74) is 7.39. The van der Waals surface area contributed by atoms with E-state index in [1.807, 2.05) is 0 Å². The van der Waals surface area contributed by atoms with E-state index < -0.39 is 0 Å². The average Bonchev–Trinajstić information content (AvgIpc) is 2.33. The minimum atomic E-state index is -0.0902. The molecule has 0 unspecified atom stereocenters. The molecule has 0 spiro atoms. The molecule has 19 heavy (non-hydrogen) atoms. The molecule has 5 heteroatoms. The van der Waals surface area contributed by atoms with Crippen LogP contribution in [0.1, 0.15) is 15.9 Å². The first-order chi connectivity index (χ1) is 8.97. The zero-order valence-electron chi connectivity index (χ0n) is 9.79. The van der Waals surface area contributed by atoms with Gasteiger partial charge in [0.05, 0.1) is 10.0 Å². The first-order valence-electron chi connectivity index (χ1n) is 5.49. The van der Waals surface area contributed by atoms with Gasteiger partial charge in [-0.2, -0.15) is 0 Å². The summed E-state index contributed by atoms with van der Waals surface area (Å²) >= 11 is 17.5. The quantitative estimate of drug-likeness (QED) is 0.661. The van der Waals surface area contributed by atoms with Gasteiger partial charge in [0.2, 0.25) is 0 Å². The monoisotopic (exact) mass is 313 g/mol. The van der Waals surface area contributed by atoms with E-state index in [1.54, 1.807) is 36.4 Å². The summed E-state index contributed by atoms with van der Waals surface area (Å²) in [7, 11) is 0. The lowest BCUT2D eigenvalue weighted by molar-refractivity contribution is 0.0994. The van der Waals surface area contributed by atoms with Crippen molar-refractivity contribution in [1.29, 1.82) is 0 Å². The number of benzene rings is 2. The van der Waals surface area contributed by atoms with Gasteiger partial charge in [-0.25, -0.2) is 0 Å². The van der Waals surface area contributed by atoms with Crippen LogP contribution in [0, 0.1) is 0 Å². The van der Waals surface area contributed by atoms with Gasteiger partial charge in [0.1, 0.15) is 0 Å². The number of anilines is 1. The number of hydrogen-bond donors (Lipinski definition) is 1. The van der Waals surface area contributed by atoms with Crippen LogP contribution < -0.4 is 5.73 Å². The Morgan fingerprint density at radius 1 is 1.00 bits per heavy atom. The summed E-state index contributed by atoms with van der Waals surface area (Å²) in [5, 5.41) is 1.39. The highest BCUT2D eigenvalue weighted by atomic mass is 35.5. The SMILES string of the molecule is Nc1cc(Cl)ccc1C(=O)Cc1ccc(Cl)c(Cl)c1. The van der Waals surface area contributed by atoms with Crippen molar-refractivity contribution >= 4 is 46.3 Å². The van der Waals surface area contributed by atoms with Crippen molar-refractivity contribution in [1.82, 2.24) is 0 Å². The maximum Gasteiger partial charge on any atom is 0.169 e. The number of carbonyl (C=O) groups is 1. The molecule has 0 aliphatic carbocycles. The molecule has 2 aromatic rings. The van der Waals surface area contributed by atoms with Crippen LogP contribution in [0.15, 0.2) is 36.4 Å². The van der Waals surface area contributed by atoms with Gasteiger partial charge in [0, 0.05) is 22.7 Å². The molecule has 98 valence electrons. The Labute approximate surface area is 126 Å². The Balaban J connectivity index is 2.23. The predicted octanol–water partition coefficient (Wildman–Crippen LogP) is 4.65. The second-order valence-electron chi connectivity index (χ2n) is 4.08. The van der Waals surface area contributed by atoms with Crippen LogP contribution >= 0.6 is 34.8 Å². The topological polar surface area (TPSA) is 43.1 Å². The van der Waals surface area contributed by atoms with Crippen LogP contribution in [0.25, 0.3) is 0 Å². The first-order valence-corrected chi connectivity index (χ1v) is 6.63. The summed E-state index contributed by atoms with van der Waals surface area (Å²) in [4.78, 5) is 12.1. The maximum atomic E-state index is 12.1. The molecule has 0 atom stereocenters. The van der Waals surface area contributed by atoms with Crippen molar-refractivity contribution in [2.24, 2.45) is 0 Å². The van der Waals surface area contributed by atoms with Crippen LogP contribution in [0.4, 0.5) is 5.69 Å². The Hall–Kier alpha value is -1.22. The molecule has 2 nitrogen and oxygen atoms in total. The van der Waals surface area contributed by atoms with Gasteiger partial charge in [-0.3, -0.25) is 4.79 Å². The fourth-order valence-corrected chi connectivity index (χ4v) is 2.22. The first kappa shape index (κ1) is 14.2. The molecule has 0 fully saturated rings. The molecule has 0 aliphatic heterocycles. The fraction of sp³-hybridized carbons (Fsp3) is 0.0714. The van der Waals surface area contributed by atoms with E-state index >= 15 is 0 Å². The molecule has 0 aromatic heterocycles. The fourth-order valence-electron chi connectivity index (χ4n) is 1.72. The van der Waals surface area contributed by atoms with Crippen molar-refractivity contribution in [3.05, 3.63) is 62.6 Å². The highest BCUT2D eigenvalue weighted by Crippen LogP contribution is 2.24. The molecule has 0 aliphatic rings. The summed E-state index contributed by atoms with van der Waals surface area (Å²) in [6.45, 7) is 0. The molecular weight excluding hydrogens is 305 g/mol. The zero-order valence-corrected chi connectivity index (χ0v) is 12.1. The van der Waals surface area contributed by atoms with Crippen molar-refractivity contribution in [2.75, 3.05) is 5.73 Å². The van der Waals surface area contributed by atoms with Gasteiger partial charge in [-0.1, -0.05) is 40.9 Å². The number of halogens is 3. The molecule has 0 saturated carbocycles. The summed E-state index contributed by atoms with van der Waals surface area (Å²) in [6, 6.07) is 9.92. The molecule has 0 bridgehead atoms. The van der Waals surface area contributed by atoms with Crippen LogP contribution in [0.5, 0.6) is 0 Å². The van der Waals surface area contributed by atoms with Gasteiger partial charge in [-0.15, -0.1) is 0 Å². The second-order valence-corrected chi connectivity index (χ2v) is 5.33. The number of ketones is 1. The van der Waals surface area contributed by atoms with Crippen LogP contribution in [0.3, 0.4) is 0 Å². The second kappa shape index (κ2) is 5.83. The van der Waals surface area contributed by atoms with E-state index in [0.717, 1.165) is 5.56 Å². The third-order valence-electron chi connectivity index (χ3n) is 2.66. The Kier molecular flexibility index (Phi) is 4.35. The van der Waals surface area contributed by atoms with Crippen LogP contribution in [-0.4, -0.2) is 5.78 Å². The predicted molar refractivity (Wildman–Crippen MR) is 80.4 cm³/mol. The van der Waals surface area contributed by atoms with Crippen molar-refractivity contribution in [3.8, 4) is 0 Å².